The lowest BCUT2D eigenvalue weighted by atomic mass is 10.0. The maximum absolute atomic E-state index is 11.9. The first-order valence-corrected chi connectivity index (χ1v) is 6.86. The molecule has 1 aromatic carbocycles. The molecule has 0 bridgehead atoms. The number of carboxylic acids is 1. The Morgan fingerprint density at radius 2 is 2.10 bits per heavy atom. The third-order valence-corrected chi connectivity index (χ3v) is 3.40. The van der Waals surface area contributed by atoms with E-state index < -0.39 is 5.97 Å². The maximum atomic E-state index is 11.9. The second-order valence-electron chi connectivity index (χ2n) is 4.93. The van der Waals surface area contributed by atoms with Gasteiger partial charge in [0.15, 0.2) is 0 Å². The third kappa shape index (κ3) is 4.06. The molecule has 2 rings (SSSR count). The molecular formula is C15H19NO4. The molecule has 1 amide bonds. The summed E-state index contributed by atoms with van der Waals surface area (Å²) in [5, 5.41) is 11.9. The molecular weight excluding hydrogens is 258 g/mol. The Balaban J connectivity index is 1.86. The molecule has 108 valence electrons. The van der Waals surface area contributed by atoms with Crippen molar-refractivity contribution in [2.45, 2.75) is 31.8 Å². The van der Waals surface area contributed by atoms with Crippen molar-refractivity contribution in [2.24, 2.45) is 0 Å². The Kier molecular flexibility index (Phi) is 5.12. The highest BCUT2D eigenvalue weighted by atomic mass is 16.5. The fraction of sp³-hybridized carbons (Fsp3) is 0.467. The summed E-state index contributed by atoms with van der Waals surface area (Å²) in [5.74, 6) is -1.18. The van der Waals surface area contributed by atoms with Crippen LogP contribution in [0.5, 0.6) is 0 Å². The Morgan fingerprint density at radius 1 is 1.30 bits per heavy atom. The molecule has 5 heteroatoms. The van der Waals surface area contributed by atoms with Gasteiger partial charge in [0.1, 0.15) is 0 Å². The van der Waals surface area contributed by atoms with Crippen LogP contribution in [0.25, 0.3) is 0 Å². The van der Waals surface area contributed by atoms with E-state index in [0.717, 1.165) is 25.9 Å². The first-order valence-electron chi connectivity index (χ1n) is 6.86. The monoisotopic (exact) mass is 277 g/mol. The van der Waals surface area contributed by atoms with Gasteiger partial charge < -0.3 is 15.2 Å². The summed E-state index contributed by atoms with van der Waals surface area (Å²) in [6.07, 6.45) is 3.34. The number of benzene rings is 1. The highest BCUT2D eigenvalue weighted by Gasteiger charge is 2.16. The number of hydrogen-bond donors (Lipinski definition) is 2. The van der Waals surface area contributed by atoms with E-state index in [-0.39, 0.29) is 24.0 Å². The highest BCUT2D eigenvalue weighted by molar-refractivity contribution is 5.91. The Bertz CT molecular complexity index is 481. The summed E-state index contributed by atoms with van der Waals surface area (Å²) in [5.41, 5.74) is 0.707. The van der Waals surface area contributed by atoms with E-state index in [4.69, 9.17) is 9.84 Å². The fourth-order valence-corrected chi connectivity index (χ4v) is 2.31. The Morgan fingerprint density at radius 3 is 2.80 bits per heavy atom. The summed E-state index contributed by atoms with van der Waals surface area (Å²) in [7, 11) is 0. The number of carbonyl (C=O) groups excluding carboxylic acids is 1. The van der Waals surface area contributed by atoms with Gasteiger partial charge in [0, 0.05) is 13.2 Å². The number of rotatable bonds is 5. The van der Waals surface area contributed by atoms with Gasteiger partial charge in [-0.2, -0.15) is 0 Å². The van der Waals surface area contributed by atoms with Crippen molar-refractivity contribution in [1.82, 2.24) is 5.32 Å². The lowest BCUT2D eigenvalue weighted by Gasteiger charge is -2.22. The van der Waals surface area contributed by atoms with Gasteiger partial charge in [-0.3, -0.25) is 4.79 Å². The van der Waals surface area contributed by atoms with Crippen LogP contribution >= 0.6 is 0 Å². The van der Waals surface area contributed by atoms with Crippen LogP contribution in [0.4, 0.5) is 0 Å². The van der Waals surface area contributed by atoms with Gasteiger partial charge in [-0.1, -0.05) is 18.2 Å². The highest BCUT2D eigenvalue weighted by Crippen LogP contribution is 2.12. The topological polar surface area (TPSA) is 75.6 Å². The van der Waals surface area contributed by atoms with Crippen LogP contribution in [0.2, 0.25) is 0 Å². The van der Waals surface area contributed by atoms with Crippen LogP contribution in [0.3, 0.4) is 0 Å². The first-order chi connectivity index (χ1) is 9.66. The molecule has 0 spiro atoms. The van der Waals surface area contributed by atoms with Gasteiger partial charge in [0.2, 0.25) is 5.91 Å². The van der Waals surface area contributed by atoms with E-state index in [1.165, 1.54) is 6.07 Å². The molecule has 1 aliphatic rings. The van der Waals surface area contributed by atoms with Crippen LogP contribution in [0.15, 0.2) is 24.3 Å². The molecule has 5 nitrogen and oxygen atoms in total. The second kappa shape index (κ2) is 7.05. The predicted molar refractivity (Wildman–Crippen MR) is 73.7 cm³/mol. The molecule has 1 atom stereocenters. The number of ether oxygens (including phenoxy) is 1. The molecule has 1 saturated heterocycles. The zero-order chi connectivity index (χ0) is 14.4. The summed E-state index contributed by atoms with van der Waals surface area (Å²) >= 11 is 0. The standard InChI is InChI=1S/C15H19NO4/c17-14(16-10-12-6-3-4-8-20-12)9-11-5-1-2-7-13(11)15(18)19/h1-2,5,7,12H,3-4,6,8-10H2,(H,16,17)(H,18,19). The summed E-state index contributed by atoms with van der Waals surface area (Å²) in [6.45, 7) is 1.25. The number of carboxylic acid groups (broad SMARTS) is 1. The molecule has 0 aromatic heterocycles. The summed E-state index contributed by atoms with van der Waals surface area (Å²) in [4.78, 5) is 22.9. The average Bonchev–Trinajstić information content (AvgIpc) is 2.46. The minimum atomic E-state index is -1.01. The summed E-state index contributed by atoms with van der Waals surface area (Å²) < 4.78 is 5.53. The minimum absolute atomic E-state index is 0.0786. The van der Waals surface area contributed by atoms with Crippen LogP contribution in [0, 0.1) is 0 Å². The molecule has 20 heavy (non-hydrogen) atoms. The van der Waals surface area contributed by atoms with Gasteiger partial charge >= 0.3 is 5.97 Å². The smallest absolute Gasteiger partial charge is 0.335 e. The molecule has 1 aliphatic heterocycles. The fourth-order valence-electron chi connectivity index (χ4n) is 2.31. The molecule has 2 N–H and O–H groups in total. The van der Waals surface area contributed by atoms with Crippen molar-refractivity contribution in [3.63, 3.8) is 0 Å². The molecule has 0 radical (unpaired) electrons. The first kappa shape index (κ1) is 14.5. The van der Waals surface area contributed by atoms with Gasteiger partial charge in [-0.25, -0.2) is 4.79 Å². The molecule has 1 aromatic rings. The second-order valence-corrected chi connectivity index (χ2v) is 4.93. The van der Waals surface area contributed by atoms with Gasteiger partial charge in [-0.15, -0.1) is 0 Å². The number of aromatic carboxylic acids is 1. The van der Waals surface area contributed by atoms with E-state index in [9.17, 15) is 9.59 Å². The zero-order valence-electron chi connectivity index (χ0n) is 11.3. The number of carbonyl (C=O) groups is 2. The Hall–Kier alpha value is -1.88. The van der Waals surface area contributed by atoms with Crippen molar-refractivity contribution in [1.29, 1.82) is 0 Å². The zero-order valence-corrected chi connectivity index (χ0v) is 11.3. The van der Waals surface area contributed by atoms with E-state index >= 15 is 0 Å². The molecule has 0 saturated carbocycles. The van der Waals surface area contributed by atoms with E-state index in [2.05, 4.69) is 5.32 Å². The SMILES string of the molecule is O=C(Cc1ccccc1C(=O)O)NCC1CCCCO1. The van der Waals surface area contributed by atoms with Crippen LogP contribution in [-0.2, 0) is 16.0 Å². The normalized spacial score (nSPS) is 18.5. The van der Waals surface area contributed by atoms with Crippen LogP contribution in [0.1, 0.15) is 35.2 Å². The van der Waals surface area contributed by atoms with Crippen molar-refractivity contribution < 1.29 is 19.4 Å². The van der Waals surface area contributed by atoms with Crippen molar-refractivity contribution >= 4 is 11.9 Å². The molecule has 1 heterocycles. The quantitative estimate of drug-likeness (QED) is 0.857. The van der Waals surface area contributed by atoms with E-state index in [1.807, 2.05) is 0 Å². The largest absolute Gasteiger partial charge is 0.478 e. The minimum Gasteiger partial charge on any atom is -0.478 e. The number of hydrogen-bond acceptors (Lipinski definition) is 3. The van der Waals surface area contributed by atoms with Crippen LogP contribution in [-0.4, -0.2) is 36.2 Å². The predicted octanol–water partition coefficient (Wildman–Crippen LogP) is 1.61. The summed E-state index contributed by atoms with van der Waals surface area (Å²) in [6, 6.07) is 6.56. The molecule has 1 fully saturated rings. The Labute approximate surface area is 117 Å². The molecule has 0 aliphatic carbocycles. The van der Waals surface area contributed by atoms with Gasteiger partial charge in [-0.05, 0) is 30.9 Å². The third-order valence-electron chi connectivity index (χ3n) is 3.40. The van der Waals surface area contributed by atoms with Crippen LogP contribution < -0.4 is 5.32 Å². The maximum Gasteiger partial charge on any atom is 0.335 e. The van der Waals surface area contributed by atoms with Gasteiger partial charge in [0.05, 0.1) is 18.1 Å². The lowest BCUT2D eigenvalue weighted by Crippen LogP contribution is -2.36. The number of nitrogens with one attached hydrogen (secondary N) is 1. The van der Waals surface area contributed by atoms with E-state index in [1.54, 1.807) is 18.2 Å². The van der Waals surface area contributed by atoms with Crippen molar-refractivity contribution in [3.05, 3.63) is 35.4 Å². The molecule has 1 unspecified atom stereocenters. The van der Waals surface area contributed by atoms with E-state index in [0.29, 0.717) is 12.1 Å². The van der Waals surface area contributed by atoms with Crippen molar-refractivity contribution in [3.8, 4) is 0 Å². The average molecular weight is 277 g/mol. The van der Waals surface area contributed by atoms with Gasteiger partial charge in [0.25, 0.3) is 0 Å². The number of amides is 1. The van der Waals surface area contributed by atoms with Crippen molar-refractivity contribution in [2.75, 3.05) is 13.2 Å². The lowest BCUT2D eigenvalue weighted by molar-refractivity contribution is -0.121.